The molecule has 0 N–H and O–H groups in total. The lowest BCUT2D eigenvalue weighted by molar-refractivity contribution is -0.806. The molecule has 2 aromatic carbocycles. The highest BCUT2D eigenvalue weighted by Gasteiger charge is 2.24. The van der Waals surface area contributed by atoms with Crippen LogP contribution in [0, 0.1) is 22.2 Å². The molecule has 10 nitrogen and oxygen atoms in total. The summed E-state index contributed by atoms with van der Waals surface area (Å²) >= 11 is 0. The molecule has 0 spiro atoms. The van der Waals surface area contributed by atoms with Crippen molar-refractivity contribution in [3.63, 3.8) is 0 Å². The first-order valence-electron chi connectivity index (χ1n) is 9.48. The molecule has 0 aliphatic carbocycles. The number of hydrogen-bond donors (Lipinski definition) is 0. The number of pyridine rings is 1. The molecule has 162 valence electrons. The predicted molar refractivity (Wildman–Crippen MR) is 116 cm³/mol. The summed E-state index contributed by atoms with van der Waals surface area (Å²) in [4.78, 5) is 15.6. The number of benzene rings is 2. The van der Waals surface area contributed by atoms with Crippen LogP contribution in [-0.2, 0) is 0 Å². The third-order valence-electron chi connectivity index (χ3n) is 4.95. The highest BCUT2D eigenvalue weighted by Crippen LogP contribution is 2.41. The quantitative estimate of drug-likeness (QED) is 0.254. The summed E-state index contributed by atoms with van der Waals surface area (Å²) in [6, 6.07) is 11.6. The molecule has 4 rings (SSSR count). The minimum atomic E-state index is -0.444. The number of nitro benzene ring substituents is 1. The van der Waals surface area contributed by atoms with E-state index in [-0.39, 0.29) is 11.4 Å². The molecule has 10 heteroatoms. The van der Waals surface area contributed by atoms with Gasteiger partial charge >= 0.3 is 0 Å². The molecule has 2 aromatic heterocycles. The van der Waals surface area contributed by atoms with Crippen LogP contribution in [0.4, 0.5) is 5.69 Å². The van der Waals surface area contributed by atoms with E-state index in [1.807, 2.05) is 6.07 Å². The molecule has 0 bridgehead atoms. The van der Waals surface area contributed by atoms with E-state index in [0.29, 0.717) is 49.8 Å². The second-order valence-electron chi connectivity index (χ2n) is 6.84. The zero-order chi connectivity index (χ0) is 22.8. The van der Waals surface area contributed by atoms with Crippen LogP contribution in [0.2, 0.25) is 0 Å². The van der Waals surface area contributed by atoms with Crippen molar-refractivity contribution in [2.75, 3.05) is 14.2 Å². The number of fused-ring (bicyclic) bond motifs is 1. The van der Waals surface area contributed by atoms with Crippen molar-refractivity contribution in [3.8, 4) is 22.8 Å². The standard InChI is InChI=1S/C22H18N4O6/c1-13-20(24-32-26(13)29)18-12-19(30-2)22(31-3)17-10-9-15(23-21(17)18)8-7-14-5-4-6-16(11-14)25(27)28/h4-12H,1-3H3/b8-7+. The zero-order valence-corrected chi connectivity index (χ0v) is 17.4. The summed E-state index contributed by atoms with van der Waals surface area (Å²) in [5.74, 6) is 0.945. The van der Waals surface area contributed by atoms with Gasteiger partial charge in [-0.2, -0.15) is 0 Å². The number of ether oxygens (including phenoxy) is 2. The Kier molecular flexibility index (Phi) is 5.42. The highest BCUT2D eigenvalue weighted by molar-refractivity contribution is 5.99. The van der Waals surface area contributed by atoms with Crippen LogP contribution in [0.5, 0.6) is 11.5 Å². The molecule has 2 heterocycles. The van der Waals surface area contributed by atoms with E-state index in [1.54, 1.807) is 43.3 Å². The van der Waals surface area contributed by atoms with Crippen LogP contribution in [0.15, 0.2) is 47.1 Å². The molecule has 0 atom stereocenters. The van der Waals surface area contributed by atoms with Gasteiger partial charge < -0.3 is 14.7 Å². The average molecular weight is 434 g/mol. The van der Waals surface area contributed by atoms with E-state index < -0.39 is 4.92 Å². The molecule has 4 aromatic rings. The normalized spacial score (nSPS) is 11.2. The Balaban J connectivity index is 1.87. The van der Waals surface area contributed by atoms with Gasteiger partial charge in [0.15, 0.2) is 11.5 Å². The van der Waals surface area contributed by atoms with Crippen molar-refractivity contribution < 1.29 is 23.9 Å². The van der Waals surface area contributed by atoms with Crippen molar-refractivity contribution in [2.45, 2.75) is 6.92 Å². The van der Waals surface area contributed by atoms with Gasteiger partial charge in [0.2, 0.25) is 5.69 Å². The first-order chi connectivity index (χ1) is 15.4. The molecular weight excluding hydrogens is 416 g/mol. The molecule has 0 amide bonds. The summed E-state index contributed by atoms with van der Waals surface area (Å²) in [5.41, 5.74) is 2.93. The van der Waals surface area contributed by atoms with Crippen molar-refractivity contribution in [2.24, 2.45) is 0 Å². The molecule has 0 saturated heterocycles. The van der Waals surface area contributed by atoms with Crippen LogP contribution in [0.25, 0.3) is 34.3 Å². The lowest BCUT2D eigenvalue weighted by Gasteiger charge is -2.13. The van der Waals surface area contributed by atoms with Gasteiger partial charge in [0.25, 0.3) is 11.4 Å². The Morgan fingerprint density at radius 3 is 2.59 bits per heavy atom. The number of nitro groups is 1. The lowest BCUT2D eigenvalue weighted by atomic mass is 10.0. The molecule has 0 fully saturated rings. The summed E-state index contributed by atoms with van der Waals surface area (Å²) in [6.45, 7) is 1.59. The zero-order valence-electron chi connectivity index (χ0n) is 17.4. The maximum absolute atomic E-state index is 11.8. The summed E-state index contributed by atoms with van der Waals surface area (Å²) < 4.78 is 15.7. The van der Waals surface area contributed by atoms with Gasteiger partial charge in [0, 0.05) is 29.6 Å². The summed E-state index contributed by atoms with van der Waals surface area (Å²) in [5, 5.41) is 27.3. The number of rotatable bonds is 6. The molecule has 0 saturated carbocycles. The largest absolute Gasteiger partial charge is 0.493 e. The van der Waals surface area contributed by atoms with Gasteiger partial charge in [0.05, 0.1) is 35.9 Å². The van der Waals surface area contributed by atoms with Gasteiger partial charge in [-0.25, -0.2) is 4.98 Å². The Morgan fingerprint density at radius 2 is 1.94 bits per heavy atom. The Labute approximate surface area is 182 Å². The van der Waals surface area contributed by atoms with E-state index in [9.17, 15) is 15.3 Å². The lowest BCUT2D eigenvalue weighted by Crippen LogP contribution is -2.25. The third-order valence-corrected chi connectivity index (χ3v) is 4.95. The molecule has 0 aliphatic heterocycles. The maximum Gasteiger partial charge on any atom is 0.270 e. The number of aromatic nitrogens is 3. The minimum Gasteiger partial charge on any atom is -0.493 e. The average Bonchev–Trinajstić information content (AvgIpc) is 3.14. The predicted octanol–water partition coefficient (Wildman–Crippen LogP) is 3.93. The minimum absolute atomic E-state index is 0.00478. The van der Waals surface area contributed by atoms with E-state index in [1.165, 1.54) is 26.4 Å². The number of hydrogen-bond acceptors (Lipinski definition) is 8. The van der Waals surface area contributed by atoms with Gasteiger partial charge in [-0.3, -0.25) is 14.7 Å². The van der Waals surface area contributed by atoms with Gasteiger partial charge in [0.1, 0.15) is 0 Å². The van der Waals surface area contributed by atoms with E-state index in [2.05, 4.69) is 5.16 Å². The molecule has 0 unspecified atom stereocenters. The number of non-ortho nitro benzene ring substituents is 1. The fourth-order valence-corrected chi connectivity index (χ4v) is 3.36. The summed E-state index contributed by atoms with van der Waals surface area (Å²) in [7, 11) is 3.04. The maximum atomic E-state index is 11.8. The SMILES string of the molecule is COc1cc(-c2no[n+]([O-])c2C)c2nc(/C=C/c3cccc([N+](=O)[O-])c3)ccc2c1OC. The number of methoxy groups -OCH3 is 2. The van der Waals surface area contributed by atoms with Crippen LogP contribution in [0.3, 0.4) is 0 Å². The van der Waals surface area contributed by atoms with Crippen LogP contribution in [-0.4, -0.2) is 29.3 Å². The summed E-state index contributed by atoms with van der Waals surface area (Å²) in [6.07, 6.45) is 3.47. The van der Waals surface area contributed by atoms with Gasteiger partial charge in [-0.05, 0) is 34.7 Å². The molecule has 0 aliphatic rings. The van der Waals surface area contributed by atoms with Gasteiger partial charge in [-0.15, -0.1) is 0 Å². The molecule has 0 radical (unpaired) electrons. The van der Waals surface area contributed by atoms with E-state index in [0.717, 1.165) is 0 Å². The highest BCUT2D eigenvalue weighted by atomic mass is 16.8. The Bertz CT molecular complexity index is 1360. The van der Waals surface area contributed by atoms with Crippen molar-refractivity contribution in [3.05, 3.63) is 74.7 Å². The first kappa shape index (κ1) is 20.8. The van der Waals surface area contributed by atoms with E-state index >= 15 is 0 Å². The second kappa shape index (κ2) is 8.34. The van der Waals surface area contributed by atoms with E-state index in [4.69, 9.17) is 19.1 Å². The molecule has 32 heavy (non-hydrogen) atoms. The van der Waals surface area contributed by atoms with Crippen LogP contribution < -0.4 is 14.4 Å². The van der Waals surface area contributed by atoms with Crippen molar-refractivity contribution in [1.29, 1.82) is 0 Å². The van der Waals surface area contributed by atoms with Crippen LogP contribution in [0.1, 0.15) is 17.0 Å². The van der Waals surface area contributed by atoms with Crippen LogP contribution >= 0.6 is 0 Å². The Morgan fingerprint density at radius 1 is 1.12 bits per heavy atom. The number of nitrogens with zero attached hydrogens (tertiary/aromatic N) is 4. The third kappa shape index (κ3) is 3.69. The Hall–Kier alpha value is -4.47. The topological polar surface area (TPSA) is 127 Å². The van der Waals surface area contributed by atoms with Crippen molar-refractivity contribution >= 4 is 28.7 Å². The first-order valence-corrected chi connectivity index (χ1v) is 9.48. The second-order valence-corrected chi connectivity index (χ2v) is 6.84. The molecular formula is C22H18N4O6. The van der Waals surface area contributed by atoms with Gasteiger partial charge in [-0.1, -0.05) is 18.2 Å². The monoisotopic (exact) mass is 434 g/mol. The fraction of sp³-hybridized carbons (Fsp3) is 0.136. The fourth-order valence-electron chi connectivity index (χ4n) is 3.36. The van der Waals surface area contributed by atoms with Crippen molar-refractivity contribution in [1.82, 2.24) is 10.1 Å². The smallest absolute Gasteiger partial charge is 0.270 e.